The Hall–Kier alpha value is -2.15. The van der Waals surface area contributed by atoms with Crippen LogP contribution in [0.3, 0.4) is 0 Å². The molecule has 0 saturated carbocycles. The number of benzene rings is 1. The number of hydrogen-bond donors (Lipinski definition) is 2. The summed E-state index contributed by atoms with van der Waals surface area (Å²) in [7, 11) is 0. The van der Waals surface area contributed by atoms with E-state index in [-0.39, 0.29) is 6.04 Å². The molecule has 1 aromatic rings. The lowest BCUT2D eigenvalue weighted by molar-refractivity contribution is -0.139. The van der Waals surface area contributed by atoms with Crippen LogP contribution in [0, 0.1) is 0 Å². The maximum Gasteiger partial charge on any atom is 0.329 e. The highest BCUT2D eigenvalue weighted by Gasteiger charge is 2.13. The Balaban J connectivity index is 2.72. The molecule has 118 valence electrons. The summed E-state index contributed by atoms with van der Waals surface area (Å²) < 4.78 is 6.31. The third-order valence-corrected chi connectivity index (χ3v) is 2.82. The van der Waals surface area contributed by atoms with Crippen LogP contribution in [0.5, 0.6) is 5.75 Å². The molecule has 0 atom stereocenters. The molecule has 0 unspecified atom stereocenters. The zero-order valence-corrected chi connectivity index (χ0v) is 14.0. The zero-order chi connectivity index (χ0) is 16.5. The molecule has 6 nitrogen and oxygen atoms in total. The van der Waals surface area contributed by atoms with Gasteiger partial charge in [0.1, 0.15) is 12.4 Å². The summed E-state index contributed by atoms with van der Waals surface area (Å²) in [5.41, 5.74) is 2.82. The van der Waals surface area contributed by atoms with E-state index in [9.17, 15) is 9.59 Å². The summed E-state index contributed by atoms with van der Waals surface area (Å²) in [5, 5.41) is 6.24. The van der Waals surface area contributed by atoms with Crippen LogP contribution in [0.1, 0.15) is 19.4 Å². The van der Waals surface area contributed by atoms with Gasteiger partial charge in [-0.3, -0.25) is 9.59 Å². The standard InChI is InChI=1S/C15H18BrN3O3/c1-4-7-22-13-6-5-12(16)8-11(13)9-17-19-15(21)14(20)18-10(2)3/h4-6,8-10H,1,7H2,2-3H3,(H,18,20)(H,19,21)/b17-9-. The summed E-state index contributed by atoms with van der Waals surface area (Å²) in [6.07, 6.45) is 3.03. The van der Waals surface area contributed by atoms with E-state index in [0.29, 0.717) is 17.9 Å². The van der Waals surface area contributed by atoms with Crippen LogP contribution in [0.15, 0.2) is 40.4 Å². The Labute approximate surface area is 137 Å². The van der Waals surface area contributed by atoms with Crippen LogP contribution in [0.4, 0.5) is 0 Å². The molecule has 0 radical (unpaired) electrons. The van der Waals surface area contributed by atoms with Crippen molar-refractivity contribution in [3.8, 4) is 5.75 Å². The first-order valence-corrected chi connectivity index (χ1v) is 7.40. The van der Waals surface area contributed by atoms with Crippen LogP contribution >= 0.6 is 15.9 Å². The molecule has 0 bridgehead atoms. The summed E-state index contributed by atoms with van der Waals surface area (Å²) in [6.45, 7) is 7.46. The number of carbonyl (C=O) groups is 2. The first kappa shape index (κ1) is 17.9. The van der Waals surface area contributed by atoms with Gasteiger partial charge in [0.2, 0.25) is 0 Å². The average molecular weight is 368 g/mol. The molecule has 22 heavy (non-hydrogen) atoms. The normalized spacial score (nSPS) is 10.5. The zero-order valence-electron chi connectivity index (χ0n) is 12.4. The molecule has 2 amide bonds. The highest BCUT2D eigenvalue weighted by atomic mass is 79.9. The maximum atomic E-state index is 11.5. The lowest BCUT2D eigenvalue weighted by atomic mass is 10.2. The van der Waals surface area contributed by atoms with E-state index < -0.39 is 11.8 Å². The van der Waals surface area contributed by atoms with Crippen molar-refractivity contribution in [2.45, 2.75) is 19.9 Å². The number of hydrogen-bond acceptors (Lipinski definition) is 4. The lowest BCUT2D eigenvalue weighted by Crippen LogP contribution is -2.41. The van der Waals surface area contributed by atoms with Crippen molar-refractivity contribution in [3.63, 3.8) is 0 Å². The average Bonchev–Trinajstić information content (AvgIpc) is 2.45. The van der Waals surface area contributed by atoms with Crippen molar-refractivity contribution in [1.82, 2.24) is 10.7 Å². The van der Waals surface area contributed by atoms with Crippen molar-refractivity contribution >= 4 is 34.0 Å². The van der Waals surface area contributed by atoms with Crippen molar-refractivity contribution in [2.75, 3.05) is 6.61 Å². The number of rotatable bonds is 6. The van der Waals surface area contributed by atoms with Gasteiger partial charge in [-0.05, 0) is 32.0 Å². The Morgan fingerprint density at radius 3 is 2.77 bits per heavy atom. The minimum Gasteiger partial charge on any atom is -0.489 e. The summed E-state index contributed by atoms with van der Waals surface area (Å²) in [6, 6.07) is 5.25. The third-order valence-electron chi connectivity index (χ3n) is 2.32. The Morgan fingerprint density at radius 2 is 2.14 bits per heavy atom. The Kier molecular flexibility index (Phi) is 7.31. The first-order valence-electron chi connectivity index (χ1n) is 6.61. The molecule has 0 saturated heterocycles. The molecule has 0 spiro atoms. The largest absolute Gasteiger partial charge is 0.489 e. The fraction of sp³-hybridized carbons (Fsp3) is 0.267. The van der Waals surface area contributed by atoms with Gasteiger partial charge in [-0.25, -0.2) is 5.43 Å². The molecule has 7 heteroatoms. The minimum absolute atomic E-state index is 0.119. The van der Waals surface area contributed by atoms with Gasteiger partial charge in [-0.1, -0.05) is 28.6 Å². The highest BCUT2D eigenvalue weighted by molar-refractivity contribution is 9.10. The van der Waals surface area contributed by atoms with Crippen molar-refractivity contribution < 1.29 is 14.3 Å². The van der Waals surface area contributed by atoms with Gasteiger partial charge >= 0.3 is 11.8 Å². The minimum atomic E-state index is -0.825. The van der Waals surface area contributed by atoms with E-state index >= 15 is 0 Å². The molecule has 0 heterocycles. The molecule has 0 aliphatic rings. The molecule has 2 N–H and O–H groups in total. The maximum absolute atomic E-state index is 11.5. The topological polar surface area (TPSA) is 79.8 Å². The number of halogens is 1. The predicted octanol–water partition coefficient (Wildman–Crippen LogP) is 1.99. The van der Waals surface area contributed by atoms with E-state index in [1.807, 2.05) is 6.07 Å². The molecule has 1 aromatic carbocycles. The molecule has 0 fully saturated rings. The third kappa shape index (κ3) is 6.09. The van der Waals surface area contributed by atoms with Gasteiger partial charge in [-0.2, -0.15) is 5.10 Å². The molecule has 0 aromatic heterocycles. The lowest BCUT2D eigenvalue weighted by Gasteiger charge is -2.08. The molecule has 0 aliphatic carbocycles. The van der Waals surface area contributed by atoms with E-state index in [1.165, 1.54) is 6.21 Å². The number of carbonyl (C=O) groups excluding carboxylic acids is 2. The fourth-order valence-corrected chi connectivity index (χ4v) is 1.82. The molecule has 1 rings (SSSR count). The number of nitrogens with zero attached hydrogens (tertiary/aromatic N) is 1. The van der Waals surface area contributed by atoms with Crippen LogP contribution in [-0.2, 0) is 9.59 Å². The second-order valence-electron chi connectivity index (χ2n) is 4.61. The predicted molar refractivity (Wildman–Crippen MR) is 88.8 cm³/mol. The Bertz CT molecular complexity index is 585. The SMILES string of the molecule is C=CCOc1ccc(Br)cc1/C=N\NC(=O)C(=O)NC(C)C. The smallest absolute Gasteiger partial charge is 0.329 e. The van der Waals surface area contributed by atoms with Gasteiger partial charge in [0.05, 0.1) is 6.21 Å². The summed E-state index contributed by atoms with van der Waals surface area (Å²) >= 11 is 3.35. The van der Waals surface area contributed by atoms with Crippen molar-refractivity contribution in [1.29, 1.82) is 0 Å². The number of hydrazone groups is 1. The van der Waals surface area contributed by atoms with Crippen LogP contribution < -0.4 is 15.5 Å². The van der Waals surface area contributed by atoms with Gasteiger partial charge in [0.15, 0.2) is 0 Å². The number of nitrogens with one attached hydrogen (secondary N) is 2. The first-order chi connectivity index (χ1) is 10.4. The van der Waals surface area contributed by atoms with Gasteiger partial charge in [0, 0.05) is 16.1 Å². The quantitative estimate of drug-likeness (QED) is 0.349. The Morgan fingerprint density at radius 1 is 1.41 bits per heavy atom. The second-order valence-corrected chi connectivity index (χ2v) is 5.52. The fourth-order valence-electron chi connectivity index (χ4n) is 1.44. The van der Waals surface area contributed by atoms with Crippen molar-refractivity contribution in [3.05, 3.63) is 40.9 Å². The van der Waals surface area contributed by atoms with E-state index in [0.717, 1.165) is 4.47 Å². The van der Waals surface area contributed by atoms with Gasteiger partial charge in [0.25, 0.3) is 0 Å². The number of amides is 2. The van der Waals surface area contributed by atoms with Crippen molar-refractivity contribution in [2.24, 2.45) is 5.10 Å². The molecular formula is C15H18BrN3O3. The molecular weight excluding hydrogens is 350 g/mol. The van der Waals surface area contributed by atoms with Gasteiger partial charge < -0.3 is 10.1 Å². The van der Waals surface area contributed by atoms with E-state index in [2.05, 4.69) is 38.4 Å². The van der Waals surface area contributed by atoms with Crippen LogP contribution in [-0.4, -0.2) is 30.7 Å². The monoisotopic (exact) mass is 367 g/mol. The summed E-state index contributed by atoms with van der Waals surface area (Å²) in [4.78, 5) is 22.9. The second kappa shape index (κ2) is 8.99. The van der Waals surface area contributed by atoms with Crippen LogP contribution in [0.25, 0.3) is 0 Å². The van der Waals surface area contributed by atoms with Gasteiger partial charge in [-0.15, -0.1) is 0 Å². The van der Waals surface area contributed by atoms with E-state index in [4.69, 9.17) is 4.74 Å². The van der Waals surface area contributed by atoms with E-state index in [1.54, 1.807) is 32.1 Å². The summed E-state index contributed by atoms with van der Waals surface area (Å²) in [5.74, 6) is -0.967. The number of ether oxygens (including phenoxy) is 1. The molecule has 0 aliphatic heterocycles. The highest BCUT2D eigenvalue weighted by Crippen LogP contribution is 2.21. The van der Waals surface area contributed by atoms with Crippen LogP contribution in [0.2, 0.25) is 0 Å².